The number of hydrogen-bond acceptors (Lipinski definition) is 6. The molecule has 1 aliphatic heterocycles. The molecule has 2 N–H and O–H groups in total. The quantitative estimate of drug-likeness (QED) is 0.725. The lowest BCUT2D eigenvalue weighted by Gasteiger charge is -2.20. The Balaban J connectivity index is 1.66. The maximum Gasteiger partial charge on any atom is 0.270 e. The average Bonchev–Trinajstić information content (AvgIpc) is 3.16. The van der Waals surface area contributed by atoms with Crippen LogP contribution in [0.25, 0.3) is 11.4 Å². The van der Waals surface area contributed by atoms with Crippen LogP contribution in [0.1, 0.15) is 16.1 Å². The van der Waals surface area contributed by atoms with Gasteiger partial charge in [0.15, 0.2) is 5.82 Å². The molecule has 8 nitrogen and oxygen atoms in total. The first-order valence-electron chi connectivity index (χ1n) is 8.12. The molecule has 0 bridgehead atoms. The number of nitrogens with zero attached hydrogens (tertiary/aromatic N) is 5. The van der Waals surface area contributed by atoms with E-state index in [1.54, 1.807) is 11.0 Å². The maximum atomic E-state index is 12.2. The Morgan fingerprint density at radius 3 is 2.88 bits per heavy atom. The van der Waals surface area contributed by atoms with Gasteiger partial charge in [0.05, 0.1) is 6.54 Å². The molecular weight excluding hydrogens is 318 g/mol. The third-order valence-corrected chi connectivity index (χ3v) is 4.01. The largest absolute Gasteiger partial charge is 0.368 e. The lowest BCUT2D eigenvalue weighted by atomic mass is 10.1. The van der Waals surface area contributed by atoms with Gasteiger partial charge in [-0.15, -0.1) is 0 Å². The molecular formula is C17H17N7O. The molecule has 0 saturated carbocycles. The van der Waals surface area contributed by atoms with Crippen molar-refractivity contribution < 1.29 is 4.79 Å². The van der Waals surface area contributed by atoms with Crippen LogP contribution in [0, 0.1) is 0 Å². The molecule has 1 aliphatic rings. The van der Waals surface area contributed by atoms with Gasteiger partial charge in [-0.2, -0.15) is 5.10 Å². The molecule has 3 heterocycles. The summed E-state index contributed by atoms with van der Waals surface area (Å²) in [6, 6.07) is 9.65. The summed E-state index contributed by atoms with van der Waals surface area (Å²) >= 11 is 0. The second-order valence-electron chi connectivity index (χ2n) is 5.68. The summed E-state index contributed by atoms with van der Waals surface area (Å²) in [5.41, 5.74) is 2.19. The van der Waals surface area contributed by atoms with Crippen LogP contribution < -0.4 is 10.6 Å². The van der Waals surface area contributed by atoms with Crippen LogP contribution in [-0.2, 0) is 13.0 Å². The zero-order chi connectivity index (χ0) is 17.1. The smallest absolute Gasteiger partial charge is 0.270 e. The molecule has 4 rings (SSSR count). The van der Waals surface area contributed by atoms with Gasteiger partial charge in [-0.05, 0) is 6.42 Å². The number of anilines is 1. The minimum Gasteiger partial charge on any atom is -0.368 e. The van der Waals surface area contributed by atoms with Crippen molar-refractivity contribution in [3.05, 3.63) is 54.2 Å². The normalized spacial score (nSPS) is 13.2. The van der Waals surface area contributed by atoms with Gasteiger partial charge in [0.1, 0.15) is 24.2 Å². The summed E-state index contributed by atoms with van der Waals surface area (Å²) in [7, 11) is 0. The first-order chi connectivity index (χ1) is 12.3. The van der Waals surface area contributed by atoms with E-state index in [-0.39, 0.29) is 5.91 Å². The Kier molecular flexibility index (Phi) is 4.07. The minimum absolute atomic E-state index is 0.153. The lowest BCUT2D eigenvalue weighted by molar-refractivity contribution is 0.0940. The topological polar surface area (TPSA) is 97.6 Å². The zero-order valence-electron chi connectivity index (χ0n) is 13.5. The van der Waals surface area contributed by atoms with E-state index in [2.05, 4.69) is 30.7 Å². The number of fused-ring (bicyclic) bond motifs is 1. The lowest BCUT2D eigenvalue weighted by Crippen LogP contribution is -2.34. The molecule has 0 spiro atoms. The van der Waals surface area contributed by atoms with E-state index in [0.717, 1.165) is 11.1 Å². The third-order valence-electron chi connectivity index (χ3n) is 4.01. The summed E-state index contributed by atoms with van der Waals surface area (Å²) < 4.78 is 1.74. The molecule has 0 saturated heterocycles. The van der Waals surface area contributed by atoms with Crippen LogP contribution in [0.4, 0.5) is 5.82 Å². The highest BCUT2D eigenvalue weighted by atomic mass is 16.1. The van der Waals surface area contributed by atoms with Gasteiger partial charge in [-0.3, -0.25) is 9.48 Å². The Bertz CT molecular complexity index is 878. The second-order valence-corrected chi connectivity index (χ2v) is 5.68. The number of aromatic nitrogens is 5. The molecule has 0 unspecified atom stereocenters. The maximum absolute atomic E-state index is 12.2. The number of carbonyl (C=O) groups is 1. The predicted molar refractivity (Wildman–Crippen MR) is 92.0 cm³/mol. The van der Waals surface area contributed by atoms with Crippen molar-refractivity contribution in [2.24, 2.45) is 0 Å². The number of rotatable bonds is 5. The molecule has 126 valence electrons. The highest BCUT2D eigenvalue weighted by molar-refractivity contribution is 5.96. The molecule has 0 fully saturated rings. The third kappa shape index (κ3) is 3.18. The summed E-state index contributed by atoms with van der Waals surface area (Å²) in [6.45, 7) is 1.88. The first-order valence-corrected chi connectivity index (χ1v) is 8.12. The first kappa shape index (κ1) is 15.3. The van der Waals surface area contributed by atoms with Crippen molar-refractivity contribution in [1.29, 1.82) is 0 Å². The van der Waals surface area contributed by atoms with Gasteiger partial charge < -0.3 is 10.6 Å². The fourth-order valence-corrected chi connectivity index (χ4v) is 2.79. The summed E-state index contributed by atoms with van der Waals surface area (Å²) in [5.74, 6) is 1.10. The Morgan fingerprint density at radius 1 is 1.20 bits per heavy atom. The predicted octanol–water partition coefficient (Wildman–Crippen LogP) is 1.13. The van der Waals surface area contributed by atoms with E-state index in [0.29, 0.717) is 43.4 Å². The van der Waals surface area contributed by atoms with Crippen molar-refractivity contribution in [3.8, 4) is 11.4 Å². The van der Waals surface area contributed by atoms with Crippen molar-refractivity contribution in [2.75, 3.05) is 18.4 Å². The van der Waals surface area contributed by atoms with Gasteiger partial charge >= 0.3 is 0 Å². The van der Waals surface area contributed by atoms with E-state index >= 15 is 0 Å². The van der Waals surface area contributed by atoms with Crippen LogP contribution >= 0.6 is 0 Å². The van der Waals surface area contributed by atoms with E-state index in [9.17, 15) is 4.79 Å². The molecule has 25 heavy (non-hydrogen) atoms. The number of carbonyl (C=O) groups excluding carboxylic acids is 1. The minimum atomic E-state index is -0.153. The SMILES string of the molecule is O=C1NCCc2c(NCCn3cncn3)nc(-c3ccccc3)nc21. The molecule has 0 radical (unpaired) electrons. The summed E-state index contributed by atoms with van der Waals surface area (Å²) in [4.78, 5) is 25.3. The number of amides is 1. The fraction of sp³-hybridized carbons (Fsp3) is 0.235. The number of nitrogens with one attached hydrogen (secondary N) is 2. The van der Waals surface area contributed by atoms with Crippen molar-refractivity contribution in [3.63, 3.8) is 0 Å². The Morgan fingerprint density at radius 2 is 2.08 bits per heavy atom. The highest BCUT2D eigenvalue weighted by Gasteiger charge is 2.23. The molecule has 2 aromatic heterocycles. The Hall–Kier alpha value is -3.29. The van der Waals surface area contributed by atoms with Gasteiger partial charge in [-0.25, -0.2) is 15.0 Å². The van der Waals surface area contributed by atoms with Gasteiger partial charge in [-0.1, -0.05) is 30.3 Å². The van der Waals surface area contributed by atoms with Crippen LogP contribution in [0.3, 0.4) is 0 Å². The van der Waals surface area contributed by atoms with E-state index in [4.69, 9.17) is 0 Å². The van der Waals surface area contributed by atoms with Crippen molar-refractivity contribution in [1.82, 2.24) is 30.0 Å². The van der Waals surface area contributed by atoms with Crippen LogP contribution in [-0.4, -0.2) is 43.7 Å². The fourth-order valence-electron chi connectivity index (χ4n) is 2.79. The summed E-state index contributed by atoms with van der Waals surface area (Å²) in [5, 5.41) is 10.2. The monoisotopic (exact) mass is 335 g/mol. The van der Waals surface area contributed by atoms with E-state index in [1.807, 2.05) is 30.3 Å². The molecule has 0 aliphatic carbocycles. The average molecular weight is 335 g/mol. The second kappa shape index (κ2) is 6.68. The number of hydrogen-bond donors (Lipinski definition) is 2. The standard InChI is InChI=1S/C17H17N7O/c25-17-14-13(6-7-20-17)16(19-8-9-24-11-18-10-21-24)23-15(22-14)12-4-2-1-3-5-12/h1-5,10-11H,6-9H2,(H,20,25)(H,19,22,23). The summed E-state index contributed by atoms with van der Waals surface area (Å²) in [6.07, 6.45) is 3.88. The molecule has 1 aromatic carbocycles. The Labute approximate surface area is 144 Å². The van der Waals surface area contributed by atoms with Gasteiger partial charge in [0, 0.05) is 24.2 Å². The van der Waals surface area contributed by atoms with Crippen LogP contribution in [0.5, 0.6) is 0 Å². The molecule has 3 aromatic rings. The van der Waals surface area contributed by atoms with Crippen LogP contribution in [0.15, 0.2) is 43.0 Å². The van der Waals surface area contributed by atoms with Gasteiger partial charge in [0.25, 0.3) is 5.91 Å². The van der Waals surface area contributed by atoms with E-state index in [1.165, 1.54) is 6.33 Å². The van der Waals surface area contributed by atoms with Crippen molar-refractivity contribution in [2.45, 2.75) is 13.0 Å². The van der Waals surface area contributed by atoms with Crippen LogP contribution in [0.2, 0.25) is 0 Å². The zero-order valence-corrected chi connectivity index (χ0v) is 13.5. The molecule has 8 heteroatoms. The number of benzene rings is 1. The molecule has 1 amide bonds. The van der Waals surface area contributed by atoms with Gasteiger partial charge in [0.2, 0.25) is 0 Å². The molecule has 0 atom stereocenters. The highest BCUT2D eigenvalue weighted by Crippen LogP contribution is 2.24. The van der Waals surface area contributed by atoms with Crippen molar-refractivity contribution >= 4 is 11.7 Å². The van der Waals surface area contributed by atoms with E-state index < -0.39 is 0 Å².